The van der Waals surface area contributed by atoms with Gasteiger partial charge in [-0.1, -0.05) is 19.1 Å². The molecule has 1 aliphatic heterocycles. The van der Waals surface area contributed by atoms with Crippen LogP contribution in [-0.4, -0.2) is 32.4 Å². The van der Waals surface area contributed by atoms with Crippen molar-refractivity contribution in [1.29, 1.82) is 0 Å². The molecule has 0 spiro atoms. The topological polar surface area (TPSA) is 54.0 Å². The highest BCUT2D eigenvalue weighted by atomic mass is 16.7. The summed E-state index contributed by atoms with van der Waals surface area (Å²) < 4.78 is 22.3. The van der Waals surface area contributed by atoms with Gasteiger partial charge in [-0.3, -0.25) is 4.79 Å². The normalized spacial score (nSPS) is 22.5. The lowest BCUT2D eigenvalue weighted by atomic mass is 9.77. The summed E-state index contributed by atoms with van der Waals surface area (Å²) in [4.78, 5) is 12.3. The van der Waals surface area contributed by atoms with Gasteiger partial charge < -0.3 is 18.9 Å². The molecule has 0 N–H and O–H groups in total. The Bertz CT molecular complexity index is 777. The van der Waals surface area contributed by atoms with Crippen LogP contribution in [0.15, 0.2) is 54.3 Å². The summed E-state index contributed by atoms with van der Waals surface area (Å²) in [7, 11) is 3.20. The molecule has 0 saturated heterocycles. The maximum absolute atomic E-state index is 12.3. The first kappa shape index (κ1) is 18.3. The molecule has 3 rings (SSSR count). The van der Waals surface area contributed by atoms with Crippen LogP contribution in [0.5, 0.6) is 11.5 Å². The van der Waals surface area contributed by atoms with Crippen LogP contribution in [0.25, 0.3) is 0 Å². The zero-order chi connectivity index (χ0) is 18.7. The van der Waals surface area contributed by atoms with Crippen molar-refractivity contribution in [2.24, 2.45) is 5.92 Å². The van der Waals surface area contributed by atoms with Gasteiger partial charge in [-0.2, -0.15) is 0 Å². The first-order chi connectivity index (χ1) is 12.5. The van der Waals surface area contributed by atoms with E-state index in [0.717, 1.165) is 23.5 Å². The van der Waals surface area contributed by atoms with Gasteiger partial charge in [0.05, 0.1) is 7.11 Å². The largest absolute Gasteiger partial charge is 0.498 e. The molecule has 0 aromatic heterocycles. The van der Waals surface area contributed by atoms with Crippen molar-refractivity contribution in [3.05, 3.63) is 59.9 Å². The SMILES string of the molecule is C=CCC1=C[C@](OC)([C@H](C)Cc2ccc3c(c2)OCO3)C(OC)=CC1=O. The van der Waals surface area contributed by atoms with Crippen molar-refractivity contribution in [3.63, 3.8) is 0 Å². The van der Waals surface area contributed by atoms with Crippen molar-refractivity contribution in [2.75, 3.05) is 21.0 Å². The number of ether oxygens (including phenoxy) is 4. The predicted octanol–water partition coefficient (Wildman–Crippen LogP) is 3.59. The highest BCUT2D eigenvalue weighted by Crippen LogP contribution is 2.40. The quantitative estimate of drug-likeness (QED) is 0.699. The Labute approximate surface area is 153 Å². The maximum Gasteiger partial charge on any atom is 0.231 e. The fourth-order valence-corrected chi connectivity index (χ4v) is 3.58. The Kier molecular flexibility index (Phi) is 5.18. The zero-order valence-electron chi connectivity index (χ0n) is 15.4. The van der Waals surface area contributed by atoms with Crippen LogP contribution in [0.1, 0.15) is 18.9 Å². The molecule has 1 aromatic rings. The Hall–Kier alpha value is -2.53. The summed E-state index contributed by atoms with van der Waals surface area (Å²) >= 11 is 0. The number of carbonyl (C=O) groups excluding carboxylic acids is 1. The Morgan fingerprint density at radius 1 is 1.31 bits per heavy atom. The molecule has 5 heteroatoms. The third kappa shape index (κ3) is 3.15. The number of hydrogen-bond acceptors (Lipinski definition) is 5. The number of hydrogen-bond donors (Lipinski definition) is 0. The van der Waals surface area contributed by atoms with Gasteiger partial charge in [-0.25, -0.2) is 0 Å². The number of methoxy groups -OCH3 is 2. The van der Waals surface area contributed by atoms with Crippen molar-refractivity contribution < 1.29 is 23.7 Å². The van der Waals surface area contributed by atoms with Crippen molar-refractivity contribution in [1.82, 2.24) is 0 Å². The molecule has 1 aliphatic carbocycles. The van der Waals surface area contributed by atoms with Gasteiger partial charge in [0.15, 0.2) is 17.3 Å². The van der Waals surface area contributed by atoms with E-state index < -0.39 is 5.60 Å². The van der Waals surface area contributed by atoms with Crippen LogP contribution in [0.4, 0.5) is 0 Å². The average molecular weight is 356 g/mol. The standard InChI is InChI=1S/C21H24O5/c1-5-6-16-12-21(24-4,20(23-3)11-17(16)22)14(2)9-15-7-8-18-19(10-15)26-13-25-18/h5,7-8,10-12,14H,1,6,9,13H2,2-4H3/t14-,21+/m1/s1. The summed E-state index contributed by atoms with van der Waals surface area (Å²) in [5.41, 5.74) is 0.960. The molecule has 138 valence electrons. The van der Waals surface area contributed by atoms with E-state index in [1.807, 2.05) is 24.3 Å². The second kappa shape index (κ2) is 7.38. The van der Waals surface area contributed by atoms with Gasteiger partial charge in [0.25, 0.3) is 0 Å². The molecule has 26 heavy (non-hydrogen) atoms. The average Bonchev–Trinajstić information content (AvgIpc) is 3.11. The molecule has 0 unspecified atom stereocenters. The molecule has 0 saturated carbocycles. The fraction of sp³-hybridized carbons (Fsp3) is 0.381. The van der Waals surface area contributed by atoms with Crippen LogP contribution in [0, 0.1) is 5.92 Å². The summed E-state index contributed by atoms with van der Waals surface area (Å²) in [5.74, 6) is 1.99. The highest BCUT2D eigenvalue weighted by molar-refractivity contribution is 6.06. The van der Waals surface area contributed by atoms with Crippen LogP contribution >= 0.6 is 0 Å². The number of carbonyl (C=O) groups is 1. The van der Waals surface area contributed by atoms with E-state index in [4.69, 9.17) is 18.9 Å². The predicted molar refractivity (Wildman–Crippen MR) is 98.2 cm³/mol. The molecule has 5 nitrogen and oxygen atoms in total. The highest BCUT2D eigenvalue weighted by Gasteiger charge is 2.43. The van der Waals surface area contributed by atoms with E-state index in [1.54, 1.807) is 20.3 Å². The van der Waals surface area contributed by atoms with Gasteiger partial charge in [0.2, 0.25) is 6.79 Å². The van der Waals surface area contributed by atoms with E-state index in [0.29, 0.717) is 17.8 Å². The number of fused-ring (bicyclic) bond motifs is 1. The molecule has 0 bridgehead atoms. The van der Waals surface area contributed by atoms with E-state index in [2.05, 4.69) is 13.5 Å². The molecular formula is C21H24O5. The summed E-state index contributed by atoms with van der Waals surface area (Å²) in [6.07, 6.45) is 6.34. The van der Waals surface area contributed by atoms with Gasteiger partial charge >= 0.3 is 0 Å². The maximum atomic E-state index is 12.3. The van der Waals surface area contributed by atoms with Crippen LogP contribution in [-0.2, 0) is 20.7 Å². The van der Waals surface area contributed by atoms with E-state index in [1.165, 1.54) is 6.08 Å². The second-order valence-electron chi connectivity index (χ2n) is 6.53. The van der Waals surface area contributed by atoms with Crippen LogP contribution in [0.3, 0.4) is 0 Å². The molecule has 2 atom stereocenters. The molecule has 2 aliphatic rings. The van der Waals surface area contributed by atoms with Crippen LogP contribution < -0.4 is 9.47 Å². The van der Waals surface area contributed by atoms with Gasteiger partial charge in [-0.05, 0) is 36.6 Å². The molecule has 0 radical (unpaired) electrons. The molecular weight excluding hydrogens is 332 g/mol. The Morgan fingerprint density at radius 3 is 2.77 bits per heavy atom. The fourth-order valence-electron chi connectivity index (χ4n) is 3.58. The molecule has 0 fully saturated rings. The monoisotopic (exact) mass is 356 g/mol. The third-order valence-electron chi connectivity index (χ3n) is 4.99. The first-order valence-corrected chi connectivity index (χ1v) is 8.61. The smallest absolute Gasteiger partial charge is 0.231 e. The third-order valence-corrected chi connectivity index (χ3v) is 4.99. The van der Waals surface area contributed by atoms with Crippen LogP contribution in [0.2, 0.25) is 0 Å². The Morgan fingerprint density at radius 2 is 2.08 bits per heavy atom. The molecule has 0 amide bonds. The summed E-state index contributed by atoms with van der Waals surface area (Å²) in [6, 6.07) is 5.92. The Balaban J connectivity index is 1.92. The number of ketones is 1. The minimum absolute atomic E-state index is 0.0204. The lowest BCUT2D eigenvalue weighted by molar-refractivity contribution is -0.112. The second-order valence-corrected chi connectivity index (χ2v) is 6.53. The van der Waals surface area contributed by atoms with Crippen molar-refractivity contribution in [2.45, 2.75) is 25.4 Å². The zero-order valence-corrected chi connectivity index (χ0v) is 15.4. The van der Waals surface area contributed by atoms with Gasteiger partial charge in [0.1, 0.15) is 11.4 Å². The lowest BCUT2D eigenvalue weighted by Gasteiger charge is -2.39. The molecule has 1 aromatic carbocycles. The van der Waals surface area contributed by atoms with E-state index >= 15 is 0 Å². The minimum Gasteiger partial charge on any atom is -0.498 e. The van der Waals surface area contributed by atoms with Gasteiger partial charge in [0, 0.05) is 24.7 Å². The summed E-state index contributed by atoms with van der Waals surface area (Å²) in [5, 5.41) is 0. The molecule has 1 heterocycles. The summed E-state index contributed by atoms with van der Waals surface area (Å²) in [6.45, 7) is 6.07. The van der Waals surface area contributed by atoms with E-state index in [-0.39, 0.29) is 18.5 Å². The number of rotatable bonds is 7. The number of allylic oxidation sites excluding steroid dienone is 3. The minimum atomic E-state index is -0.808. The van der Waals surface area contributed by atoms with E-state index in [9.17, 15) is 4.79 Å². The first-order valence-electron chi connectivity index (χ1n) is 8.61. The van der Waals surface area contributed by atoms with Crippen molar-refractivity contribution in [3.8, 4) is 11.5 Å². The lowest BCUT2D eigenvalue weighted by Crippen LogP contribution is -2.43. The van der Waals surface area contributed by atoms with Crippen molar-refractivity contribution >= 4 is 5.78 Å². The number of benzene rings is 1. The van der Waals surface area contributed by atoms with Gasteiger partial charge in [-0.15, -0.1) is 6.58 Å².